The van der Waals surface area contributed by atoms with E-state index in [1.165, 1.54) is 49.3 Å². The SMILES string of the molecule is CCNC(=O)c1cc2c(=O)n(C)cc(-c3cc(S(C)(=O)=O)cc4c3OC(C)(C)C(=O)N4C)c2[nH]1.CCNC(=O)c1cc2c(=O)n(C)cc(Br)c2[nH]1.CN1C(=O)C(C)(C)Oc2c(Br)cc(S(C)(=O)=O)cc21. The predicted octanol–water partition coefficient (Wildman–Crippen LogP) is 5.19. The molecule has 20 nitrogen and oxygen atoms in total. The molecule has 0 spiro atoms. The number of benzene rings is 2. The van der Waals surface area contributed by atoms with Gasteiger partial charge in [0.1, 0.15) is 11.4 Å². The van der Waals surface area contributed by atoms with Gasteiger partial charge < -0.3 is 49.0 Å². The number of anilines is 2. The second-order valence-corrected chi connectivity index (χ2v) is 23.3. The lowest BCUT2D eigenvalue weighted by atomic mass is 9.98. The number of carbonyl (C=O) groups is 4. The Morgan fingerprint density at radius 1 is 0.600 bits per heavy atom. The minimum absolute atomic E-state index is 0.0123. The minimum Gasteiger partial charge on any atom is -0.475 e. The Morgan fingerprint density at radius 2 is 1.01 bits per heavy atom. The minimum atomic E-state index is -3.66. The second kappa shape index (κ2) is 19.2. The predicted molar refractivity (Wildman–Crippen MR) is 273 cm³/mol. The summed E-state index contributed by atoms with van der Waals surface area (Å²) in [5.41, 5.74) is 0.521. The lowest BCUT2D eigenvalue weighted by Crippen LogP contribution is -2.51. The fourth-order valence-corrected chi connectivity index (χ4v) is 10.3. The summed E-state index contributed by atoms with van der Waals surface area (Å²) in [5, 5.41) is 6.14. The van der Waals surface area contributed by atoms with Crippen molar-refractivity contribution in [1.29, 1.82) is 0 Å². The third-order valence-electron chi connectivity index (χ3n) is 11.3. The van der Waals surface area contributed by atoms with E-state index in [1.54, 1.807) is 81.3 Å². The zero-order chi connectivity index (χ0) is 52.3. The number of nitrogens with zero attached hydrogens (tertiary/aromatic N) is 4. The molecule has 0 radical (unpaired) electrons. The van der Waals surface area contributed by atoms with Gasteiger partial charge in [0, 0.05) is 77.3 Å². The molecule has 4 aromatic heterocycles. The number of pyridine rings is 2. The van der Waals surface area contributed by atoms with Gasteiger partial charge in [-0.25, -0.2) is 16.8 Å². The maximum absolute atomic E-state index is 12.8. The fraction of sp³-hybridized carbons (Fsp3) is 0.348. The number of sulfone groups is 2. The van der Waals surface area contributed by atoms with Crippen LogP contribution >= 0.6 is 31.9 Å². The van der Waals surface area contributed by atoms with Crippen molar-refractivity contribution in [3.8, 4) is 22.6 Å². The van der Waals surface area contributed by atoms with Crippen LogP contribution in [0.4, 0.5) is 11.4 Å². The van der Waals surface area contributed by atoms with Crippen LogP contribution in [0.3, 0.4) is 0 Å². The van der Waals surface area contributed by atoms with Crippen LogP contribution in [0, 0.1) is 0 Å². The summed E-state index contributed by atoms with van der Waals surface area (Å²) in [4.78, 5) is 82.6. The van der Waals surface area contributed by atoms with Gasteiger partial charge in [0.25, 0.3) is 34.7 Å². The van der Waals surface area contributed by atoms with E-state index >= 15 is 0 Å². The van der Waals surface area contributed by atoms with Gasteiger partial charge in [-0.2, -0.15) is 0 Å². The van der Waals surface area contributed by atoms with Crippen LogP contribution in [0.15, 0.2) is 77.1 Å². The van der Waals surface area contributed by atoms with Gasteiger partial charge in [-0.15, -0.1) is 0 Å². The van der Waals surface area contributed by atoms with Gasteiger partial charge in [-0.05, 0) is 110 Å². The number of halogens is 2. The first-order chi connectivity index (χ1) is 32.3. The Labute approximate surface area is 419 Å². The molecule has 0 bridgehead atoms. The number of ether oxygens (including phenoxy) is 2. The molecule has 0 aliphatic carbocycles. The number of aromatic nitrogens is 4. The highest BCUT2D eigenvalue weighted by Gasteiger charge is 2.42. The highest BCUT2D eigenvalue weighted by molar-refractivity contribution is 9.11. The van der Waals surface area contributed by atoms with Crippen LogP contribution in [-0.2, 0) is 43.4 Å². The molecule has 2 aliphatic heterocycles. The highest BCUT2D eigenvalue weighted by Crippen LogP contribution is 2.47. The monoisotopic (exact) mass is 1130 g/mol. The molecule has 4 amide bonds. The van der Waals surface area contributed by atoms with E-state index in [2.05, 4.69) is 52.5 Å². The molecule has 24 heteroatoms. The Kier molecular flexibility index (Phi) is 14.5. The Bertz CT molecular complexity index is 3540. The van der Waals surface area contributed by atoms with Crippen molar-refractivity contribution >= 4 is 108 Å². The van der Waals surface area contributed by atoms with Crippen LogP contribution in [-0.4, -0.2) is 110 Å². The average Bonchev–Trinajstić information content (AvgIpc) is 3.93. The summed E-state index contributed by atoms with van der Waals surface area (Å²) in [6, 6.07) is 8.83. The topological polar surface area (TPSA) is 261 Å². The number of hydrogen-bond acceptors (Lipinski definition) is 12. The van der Waals surface area contributed by atoms with Gasteiger partial charge in [-0.1, -0.05) is 0 Å². The lowest BCUT2D eigenvalue weighted by Gasteiger charge is -2.38. The number of amides is 4. The summed E-state index contributed by atoms with van der Waals surface area (Å²) in [5.74, 6) is -0.370. The molecule has 0 unspecified atom stereocenters. The number of H-pyrrole nitrogens is 2. The number of fused-ring (bicyclic) bond motifs is 4. The first-order valence-corrected chi connectivity index (χ1v) is 26.7. The van der Waals surface area contributed by atoms with Gasteiger partial charge in [0.2, 0.25) is 0 Å². The molecule has 0 saturated heterocycles. The smallest absolute Gasteiger partial charge is 0.270 e. The van der Waals surface area contributed by atoms with Crippen molar-refractivity contribution in [2.75, 3.05) is 49.5 Å². The number of nitrogens with one attached hydrogen (secondary N) is 4. The number of carbonyl (C=O) groups excluding carboxylic acids is 4. The molecule has 70 heavy (non-hydrogen) atoms. The molecule has 0 atom stereocenters. The third-order valence-corrected chi connectivity index (χ3v) is 14.7. The summed E-state index contributed by atoms with van der Waals surface area (Å²) >= 11 is 6.66. The molecule has 374 valence electrons. The molecule has 8 rings (SSSR count). The van der Waals surface area contributed by atoms with Crippen LogP contribution in [0.5, 0.6) is 11.5 Å². The van der Waals surface area contributed by atoms with Gasteiger partial charge in [0.15, 0.2) is 42.4 Å². The summed E-state index contributed by atoms with van der Waals surface area (Å²) < 4.78 is 64.1. The van der Waals surface area contributed by atoms with Crippen LogP contribution in [0.2, 0.25) is 0 Å². The first kappa shape index (κ1) is 53.1. The molecule has 0 fully saturated rings. The van der Waals surface area contributed by atoms with E-state index in [0.29, 0.717) is 73.7 Å². The molecular weight excluding hydrogens is 1080 g/mol. The highest BCUT2D eigenvalue weighted by atomic mass is 79.9. The van der Waals surface area contributed by atoms with E-state index in [9.17, 15) is 45.6 Å². The molecule has 6 aromatic rings. The Balaban J connectivity index is 0.000000189. The van der Waals surface area contributed by atoms with Gasteiger partial charge >= 0.3 is 0 Å². The maximum Gasteiger partial charge on any atom is 0.270 e. The Hall–Kier alpha value is -6.24. The van der Waals surface area contributed by atoms with Crippen molar-refractivity contribution in [2.24, 2.45) is 14.1 Å². The van der Waals surface area contributed by atoms with E-state index in [1.807, 2.05) is 6.92 Å². The third kappa shape index (κ3) is 10.2. The van der Waals surface area contributed by atoms with Crippen molar-refractivity contribution in [2.45, 2.75) is 62.5 Å². The van der Waals surface area contributed by atoms with Crippen LogP contribution in [0.25, 0.3) is 32.9 Å². The molecule has 0 saturated carbocycles. The summed E-state index contributed by atoms with van der Waals surface area (Å²) in [6.45, 7) is 11.2. The standard InChI is InChI=1S/C23H26N4O6S.C12H14BrNO4S.C11H12BrN3O2/c1-7-24-20(28)16-10-14-18(25-16)15(11-26(4)21(14)29)13-8-12(34(6,31)32)9-17-19(13)33-23(2,3)22(30)27(17)5;1-12(2)11(15)14(3)9-6-7(19(4,16)17)5-8(13)10(9)18-12;1-3-13-10(16)8-4-6-9(14-8)7(12)5-15(2)11(6)17/h8-11,25H,7H2,1-6H3,(H,24,28);5-6H,1-4H3;4-5,14H,3H2,1-2H3,(H,13,16). The van der Waals surface area contributed by atoms with E-state index in [-0.39, 0.29) is 55.6 Å². The van der Waals surface area contributed by atoms with Gasteiger partial charge in [-0.3, -0.25) is 28.8 Å². The lowest BCUT2D eigenvalue weighted by molar-refractivity contribution is -0.132. The van der Waals surface area contributed by atoms with E-state index in [0.717, 1.165) is 17.0 Å². The van der Waals surface area contributed by atoms with Crippen LogP contribution in [0.1, 0.15) is 62.5 Å². The number of aryl methyl sites for hydroxylation is 2. The molecule has 6 heterocycles. The average molecular weight is 1130 g/mol. The molecule has 2 aromatic carbocycles. The molecular formula is C46H52Br2N8O12S2. The van der Waals surface area contributed by atoms with E-state index < -0.39 is 30.9 Å². The van der Waals surface area contributed by atoms with Gasteiger partial charge in [0.05, 0.1) is 51.9 Å². The summed E-state index contributed by atoms with van der Waals surface area (Å²) in [7, 11) is -0.617. The summed E-state index contributed by atoms with van der Waals surface area (Å²) in [6.07, 6.45) is 5.42. The van der Waals surface area contributed by atoms with Crippen molar-refractivity contribution in [3.63, 3.8) is 0 Å². The zero-order valence-corrected chi connectivity index (χ0v) is 45.1. The van der Waals surface area contributed by atoms with Crippen molar-refractivity contribution < 1.29 is 45.5 Å². The largest absolute Gasteiger partial charge is 0.475 e. The maximum atomic E-state index is 12.8. The Morgan fingerprint density at radius 3 is 1.49 bits per heavy atom. The van der Waals surface area contributed by atoms with Crippen LogP contribution < -0.4 is 41.0 Å². The number of hydrogen-bond donors (Lipinski definition) is 4. The molecule has 4 N–H and O–H groups in total. The molecule has 2 aliphatic rings. The zero-order valence-electron chi connectivity index (χ0n) is 40.3. The number of rotatable bonds is 7. The first-order valence-electron chi connectivity index (χ1n) is 21.4. The number of aromatic amines is 2. The quantitative estimate of drug-likeness (QED) is 0.161. The van der Waals surface area contributed by atoms with Crippen molar-refractivity contribution in [3.05, 3.63) is 89.8 Å². The van der Waals surface area contributed by atoms with E-state index in [4.69, 9.17) is 9.47 Å². The van der Waals surface area contributed by atoms with Crippen molar-refractivity contribution in [1.82, 2.24) is 29.7 Å². The second-order valence-electron chi connectivity index (χ2n) is 17.6. The fourth-order valence-electron chi connectivity index (χ4n) is 7.70. The number of likely N-dealkylation sites (N-methyl/N-ethyl adjacent to an activating group) is 2. The normalized spacial score (nSPS) is 14.9.